The molecule has 0 unspecified atom stereocenters. The highest BCUT2D eigenvalue weighted by atomic mass is 16.5. The van der Waals surface area contributed by atoms with Crippen molar-refractivity contribution in [2.45, 2.75) is 51.2 Å². The number of hydrogen-bond donors (Lipinski definition) is 1. The molecule has 0 radical (unpaired) electrons. The quantitative estimate of drug-likeness (QED) is 0.501. The molecule has 0 bridgehead atoms. The van der Waals surface area contributed by atoms with E-state index in [4.69, 9.17) is 19.3 Å². The number of nitrogens with one attached hydrogen (secondary N) is 1. The second-order valence-corrected chi connectivity index (χ2v) is 9.76. The highest BCUT2D eigenvalue weighted by Crippen LogP contribution is 2.45. The first kappa shape index (κ1) is 26.1. The predicted molar refractivity (Wildman–Crippen MR) is 127 cm³/mol. The van der Waals surface area contributed by atoms with Crippen molar-refractivity contribution in [3.05, 3.63) is 17.0 Å². The molecule has 9 heteroatoms. The molecule has 0 spiro atoms. The van der Waals surface area contributed by atoms with Gasteiger partial charge in [-0.3, -0.25) is 14.4 Å². The van der Waals surface area contributed by atoms with Crippen molar-refractivity contribution in [1.29, 1.82) is 0 Å². The van der Waals surface area contributed by atoms with E-state index in [-0.39, 0.29) is 17.9 Å². The summed E-state index contributed by atoms with van der Waals surface area (Å²) >= 11 is 0. The maximum atomic E-state index is 12.6. The van der Waals surface area contributed by atoms with Crippen molar-refractivity contribution < 1.29 is 19.0 Å². The topological polar surface area (TPSA) is 81.1 Å². The van der Waals surface area contributed by atoms with Gasteiger partial charge < -0.3 is 24.4 Å². The normalized spacial score (nSPS) is 18.7. The largest absolute Gasteiger partial charge is 0.384 e. The molecule has 0 atom stereocenters. The number of hydrogen-bond acceptors (Lipinski definition) is 7. The Morgan fingerprint density at radius 3 is 2.45 bits per heavy atom. The lowest BCUT2D eigenvalue weighted by Crippen LogP contribution is -2.40. The van der Waals surface area contributed by atoms with Crippen LogP contribution in [-0.4, -0.2) is 100 Å². The van der Waals surface area contributed by atoms with Gasteiger partial charge in [0.15, 0.2) is 0 Å². The second-order valence-electron chi connectivity index (χ2n) is 9.76. The lowest BCUT2D eigenvalue weighted by molar-refractivity contribution is -0.136. The van der Waals surface area contributed by atoms with Crippen molar-refractivity contribution >= 4 is 5.91 Å². The van der Waals surface area contributed by atoms with E-state index in [2.05, 4.69) is 21.9 Å². The first-order chi connectivity index (χ1) is 16.0. The molecule has 1 aliphatic carbocycles. The Morgan fingerprint density at radius 2 is 1.85 bits per heavy atom. The third-order valence-corrected chi connectivity index (χ3v) is 7.24. The fraction of sp³-hybridized carbons (Fsp3) is 0.833. The van der Waals surface area contributed by atoms with Gasteiger partial charge in [0, 0.05) is 58.5 Å². The van der Waals surface area contributed by atoms with Crippen molar-refractivity contribution in [2.24, 2.45) is 5.41 Å². The summed E-state index contributed by atoms with van der Waals surface area (Å²) in [6.45, 7) is 6.36. The Bertz CT molecular complexity index is 752. The molecule has 1 fully saturated rings. The SMILES string of the molecule is CNCCN(C)Cc1nn2c(c1C1CCC(COC)(COC)CC1)CN(C(=O)COC)CC2. The first-order valence-electron chi connectivity index (χ1n) is 12.1. The van der Waals surface area contributed by atoms with E-state index in [1.807, 2.05) is 11.9 Å². The molecular weight excluding hydrogens is 422 g/mol. The van der Waals surface area contributed by atoms with Gasteiger partial charge in [0.2, 0.25) is 5.91 Å². The number of rotatable bonds is 12. The van der Waals surface area contributed by atoms with Crippen LogP contribution in [0.3, 0.4) is 0 Å². The van der Waals surface area contributed by atoms with E-state index < -0.39 is 0 Å². The van der Waals surface area contributed by atoms with Gasteiger partial charge >= 0.3 is 0 Å². The monoisotopic (exact) mass is 465 g/mol. The van der Waals surface area contributed by atoms with Crippen LogP contribution < -0.4 is 5.32 Å². The predicted octanol–water partition coefficient (Wildman–Crippen LogP) is 1.46. The number of aromatic nitrogens is 2. The molecule has 2 aliphatic rings. The molecule has 1 aromatic rings. The molecule has 0 saturated heterocycles. The summed E-state index contributed by atoms with van der Waals surface area (Å²) in [4.78, 5) is 16.8. The molecular formula is C24H43N5O4. The molecule has 1 amide bonds. The molecule has 2 heterocycles. The van der Waals surface area contributed by atoms with E-state index in [1.165, 1.54) is 17.0 Å². The average Bonchev–Trinajstić information content (AvgIpc) is 3.15. The van der Waals surface area contributed by atoms with Gasteiger partial charge in [-0.2, -0.15) is 5.10 Å². The van der Waals surface area contributed by atoms with Crippen LogP contribution in [0.2, 0.25) is 0 Å². The van der Waals surface area contributed by atoms with E-state index in [0.29, 0.717) is 19.0 Å². The molecule has 1 aliphatic heterocycles. The lowest BCUT2D eigenvalue weighted by Gasteiger charge is -2.40. The van der Waals surface area contributed by atoms with Crippen LogP contribution in [0.25, 0.3) is 0 Å². The Kier molecular flexibility index (Phi) is 9.69. The van der Waals surface area contributed by atoms with Gasteiger partial charge in [0.1, 0.15) is 6.61 Å². The average molecular weight is 466 g/mol. The van der Waals surface area contributed by atoms with E-state index in [9.17, 15) is 4.79 Å². The van der Waals surface area contributed by atoms with E-state index in [0.717, 1.165) is 65.1 Å². The van der Waals surface area contributed by atoms with Crippen molar-refractivity contribution in [2.75, 3.05) is 74.9 Å². The van der Waals surface area contributed by atoms with Gasteiger partial charge in [-0.15, -0.1) is 0 Å². The number of ether oxygens (including phenoxy) is 3. The third-order valence-electron chi connectivity index (χ3n) is 7.24. The zero-order chi connectivity index (χ0) is 23.8. The summed E-state index contributed by atoms with van der Waals surface area (Å²) < 4.78 is 18.4. The van der Waals surface area contributed by atoms with Gasteiger partial charge in [0.25, 0.3) is 0 Å². The van der Waals surface area contributed by atoms with Gasteiger partial charge in [-0.1, -0.05) is 0 Å². The van der Waals surface area contributed by atoms with Crippen LogP contribution in [0.15, 0.2) is 0 Å². The maximum absolute atomic E-state index is 12.6. The molecule has 1 N–H and O–H groups in total. The van der Waals surface area contributed by atoms with Gasteiger partial charge in [-0.25, -0.2) is 0 Å². The van der Waals surface area contributed by atoms with E-state index in [1.54, 1.807) is 21.3 Å². The van der Waals surface area contributed by atoms with Crippen LogP contribution in [0.1, 0.15) is 48.6 Å². The number of amides is 1. The molecule has 1 aromatic heterocycles. The molecule has 188 valence electrons. The number of carbonyl (C=O) groups is 1. The lowest BCUT2D eigenvalue weighted by atomic mass is 9.69. The fourth-order valence-corrected chi connectivity index (χ4v) is 5.51. The summed E-state index contributed by atoms with van der Waals surface area (Å²) in [5.74, 6) is 0.493. The summed E-state index contributed by atoms with van der Waals surface area (Å²) in [5, 5.41) is 8.29. The molecule has 1 saturated carbocycles. The number of methoxy groups -OCH3 is 3. The summed E-state index contributed by atoms with van der Waals surface area (Å²) in [6.07, 6.45) is 4.33. The van der Waals surface area contributed by atoms with Crippen LogP contribution in [0.4, 0.5) is 0 Å². The third kappa shape index (κ3) is 6.33. The van der Waals surface area contributed by atoms with Gasteiger partial charge in [0.05, 0.1) is 37.7 Å². The summed E-state index contributed by atoms with van der Waals surface area (Å²) in [6, 6.07) is 0. The molecule has 3 rings (SSSR count). The summed E-state index contributed by atoms with van der Waals surface area (Å²) in [7, 11) is 9.26. The van der Waals surface area contributed by atoms with Crippen LogP contribution >= 0.6 is 0 Å². The minimum atomic E-state index is 0.0476. The smallest absolute Gasteiger partial charge is 0.248 e. The highest BCUT2D eigenvalue weighted by Gasteiger charge is 2.39. The van der Waals surface area contributed by atoms with E-state index >= 15 is 0 Å². The standard InChI is InChI=1S/C24H43N5O4/c1-25-10-11-27(2)14-20-23(19-6-8-24(9-7-19,17-32-4)18-33-5)21-15-28(22(30)16-31-3)12-13-29(21)26-20/h19,25H,6-18H2,1-5H3. The Balaban J connectivity index is 1.85. The zero-order valence-electron chi connectivity index (χ0n) is 21.2. The maximum Gasteiger partial charge on any atom is 0.248 e. The second kappa shape index (κ2) is 12.3. The molecule has 0 aromatic carbocycles. The highest BCUT2D eigenvalue weighted by molar-refractivity contribution is 5.77. The number of nitrogens with zero attached hydrogens (tertiary/aromatic N) is 4. The summed E-state index contributed by atoms with van der Waals surface area (Å²) in [5.41, 5.74) is 3.83. The molecule has 9 nitrogen and oxygen atoms in total. The zero-order valence-corrected chi connectivity index (χ0v) is 21.2. The number of fused-ring (bicyclic) bond motifs is 1. The Labute approximate surface area is 198 Å². The van der Waals surface area contributed by atoms with Crippen molar-refractivity contribution in [1.82, 2.24) is 24.9 Å². The first-order valence-corrected chi connectivity index (χ1v) is 12.1. The van der Waals surface area contributed by atoms with Crippen LogP contribution in [0, 0.1) is 5.41 Å². The minimum Gasteiger partial charge on any atom is -0.384 e. The van der Waals surface area contributed by atoms with Crippen molar-refractivity contribution in [3.63, 3.8) is 0 Å². The molecule has 33 heavy (non-hydrogen) atoms. The minimum absolute atomic E-state index is 0.0476. The van der Waals surface area contributed by atoms with Crippen LogP contribution in [-0.2, 0) is 38.6 Å². The Hall–Kier alpha value is -1.52. The van der Waals surface area contributed by atoms with Crippen LogP contribution in [0.5, 0.6) is 0 Å². The Morgan fingerprint density at radius 1 is 1.15 bits per heavy atom. The number of likely N-dealkylation sites (N-methyl/N-ethyl adjacent to an activating group) is 2. The fourth-order valence-electron chi connectivity index (χ4n) is 5.51. The van der Waals surface area contributed by atoms with Gasteiger partial charge in [-0.05, 0) is 45.7 Å². The van der Waals surface area contributed by atoms with Crippen molar-refractivity contribution in [3.8, 4) is 0 Å². The number of carbonyl (C=O) groups excluding carboxylic acids is 1.